The van der Waals surface area contributed by atoms with E-state index in [2.05, 4.69) is 188 Å². The molecule has 0 N–H and O–H groups in total. The van der Waals surface area contributed by atoms with Crippen LogP contribution in [0, 0.1) is 13.8 Å². The molecule has 0 aliphatic carbocycles. The first-order chi connectivity index (χ1) is 26.1. The minimum atomic E-state index is 0.900. The highest BCUT2D eigenvalue weighted by molar-refractivity contribution is 6.10. The van der Waals surface area contributed by atoms with Crippen molar-refractivity contribution in [2.75, 3.05) is 0 Å². The standard InChI is InChI=1S/C46H31N7/c1-28-24-43-44(25-29(28)2)53-39-19-8-5-16-36(39)48-46(53)51(43)31-13-11-12-30(26-31)49-37-17-6-3-14-33(37)34-23-22-32(27-42(34)49)50-40-20-9-10-21-41(40)52-38-18-7-4-15-35(38)47-45(50)52/h3-27H,1-2H3. The second kappa shape index (κ2) is 10.2. The Morgan fingerprint density at radius 1 is 0.340 bits per heavy atom. The van der Waals surface area contributed by atoms with Crippen molar-refractivity contribution in [1.82, 2.24) is 32.5 Å². The molecule has 5 heterocycles. The van der Waals surface area contributed by atoms with E-state index in [0.717, 1.165) is 83.8 Å². The molecule has 5 aromatic heterocycles. The topological polar surface area (TPSA) is 49.4 Å². The van der Waals surface area contributed by atoms with Crippen LogP contribution in [0.25, 0.3) is 94.6 Å². The molecular formula is C46H31N7. The zero-order valence-electron chi connectivity index (χ0n) is 29.1. The summed E-state index contributed by atoms with van der Waals surface area (Å²) in [6, 6.07) is 54.4. The fraction of sp³-hybridized carbons (Fsp3) is 0.0435. The van der Waals surface area contributed by atoms with Crippen LogP contribution in [0.4, 0.5) is 0 Å². The molecule has 0 amide bonds. The van der Waals surface area contributed by atoms with E-state index >= 15 is 0 Å². The molecule has 0 fully saturated rings. The van der Waals surface area contributed by atoms with Crippen LogP contribution in [-0.4, -0.2) is 32.5 Å². The number of nitrogens with zero attached hydrogens (tertiary/aromatic N) is 7. The number of hydrogen-bond donors (Lipinski definition) is 0. The molecule has 0 bridgehead atoms. The summed E-state index contributed by atoms with van der Waals surface area (Å²) in [5.74, 6) is 1.81. The summed E-state index contributed by atoms with van der Waals surface area (Å²) in [6.07, 6.45) is 0. The number of para-hydroxylation sites is 7. The van der Waals surface area contributed by atoms with Gasteiger partial charge in [-0.3, -0.25) is 17.9 Å². The van der Waals surface area contributed by atoms with Gasteiger partial charge in [-0.25, -0.2) is 9.97 Å². The highest BCUT2D eigenvalue weighted by Crippen LogP contribution is 2.37. The van der Waals surface area contributed by atoms with E-state index in [1.807, 2.05) is 0 Å². The van der Waals surface area contributed by atoms with Gasteiger partial charge in [-0.2, -0.15) is 0 Å². The largest absolute Gasteiger partial charge is 0.309 e. The molecule has 53 heavy (non-hydrogen) atoms. The van der Waals surface area contributed by atoms with Crippen LogP contribution in [-0.2, 0) is 0 Å². The van der Waals surface area contributed by atoms with E-state index in [0.29, 0.717) is 0 Å². The van der Waals surface area contributed by atoms with Crippen molar-refractivity contribution in [3.63, 3.8) is 0 Å². The fourth-order valence-electron chi connectivity index (χ4n) is 8.66. The number of benzene rings is 7. The SMILES string of the molecule is Cc1cc2c(cc1C)n1c3ccccc3nc1n2-c1cccc(-n2c3ccccc3c3ccc(-n4c5ccccc5n5c6ccccc6nc45)cc32)c1. The van der Waals surface area contributed by atoms with E-state index in [9.17, 15) is 0 Å². The average Bonchev–Trinajstić information content (AvgIpc) is 3.98. The van der Waals surface area contributed by atoms with Crippen LogP contribution in [0.1, 0.15) is 11.1 Å². The molecule has 0 aliphatic heterocycles. The maximum atomic E-state index is 5.19. The van der Waals surface area contributed by atoms with Gasteiger partial charge in [0.25, 0.3) is 0 Å². The van der Waals surface area contributed by atoms with Crippen molar-refractivity contribution in [2.24, 2.45) is 0 Å². The van der Waals surface area contributed by atoms with Crippen molar-refractivity contribution in [2.45, 2.75) is 13.8 Å². The van der Waals surface area contributed by atoms with Gasteiger partial charge in [-0.1, -0.05) is 66.7 Å². The lowest BCUT2D eigenvalue weighted by Gasteiger charge is -2.13. The third-order valence-electron chi connectivity index (χ3n) is 11.2. The maximum Gasteiger partial charge on any atom is 0.220 e. The van der Waals surface area contributed by atoms with Gasteiger partial charge in [0, 0.05) is 16.5 Å². The molecule has 7 aromatic carbocycles. The smallest absolute Gasteiger partial charge is 0.220 e. The van der Waals surface area contributed by atoms with Crippen LogP contribution in [0.5, 0.6) is 0 Å². The Balaban J connectivity index is 1.13. The van der Waals surface area contributed by atoms with Gasteiger partial charge in [-0.15, -0.1) is 0 Å². The predicted octanol–water partition coefficient (Wildman–Crippen LogP) is 10.9. The molecule has 0 radical (unpaired) electrons. The first-order valence-corrected chi connectivity index (χ1v) is 18.0. The first kappa shape index (κ1) is 28.6. The number of rotatable bonds is 3. The number of aryl methyl sites for hydroxylation is 2. The molecule has 7 heteroatoms. The number of imidazole rings is 4. The molecular weight excluding hydrogens is 651 g/mol. The highest BCUT2D eigenvalue weighted by atomic mass is 15.2. The van der Waals surface area contributed by atoms with Gasteiger partial charge in [0.15, 0.2) is 0 Å². The van der Waals surface area contributed by atoms with Crippen molar-refractivity contribution < 1.29 is 0 Å². The van der Waals surface area contributed by atoms with E-state index in [1.54, 1.807) is 0 Å². The maximum absolute atomic E-state index is 5.19. The lowest BCUT2D eigenvalue weighted by atomic mass is 10.1. The highest BCUT2D eigenvalue weighted by Gasteiger charge is 2.21. The predicted molar refractivity (Wildman–Crippen MR) is 216 cm³/mol. The summed E-state index contributed by atoms with van der Waals surface area (Å²) >= 11 is 0. The molecule has 0 saturated carbocycles. The first-order valence-electron chi connectivity index (χ1n) is 18.0. The minimum Gasteiger partial charge on any atom is -0.309 e. The molecule has 12 aromatic rings. The van der Waals surface area contributed by atoms with Gasteiger partial charge in [0.1, 0.15) is 0 Å². The second-order valence-corrected chi connectivity index (χ2v) is 14.1. The normalized spacial score (nSPS) is 12.3. The molecule has 7 nitrogen and oxygen atoms in total. The van der Waals surface area contributed by atoms with Gasteiger partial charge in [0.05, 0.1) is 66.5 Å². The van der Waals surface area contributed by atoms with Gasteiger partial charge in [-0.05, 0) is 110 Å². The molecule has 0 spiro atoms. The van der Waals surface area contributed by atoms with Crippen LogP contribution in [0.3, 0.4) is 0 Å². The fourth-order valence-corrected chi connectivity index (χ4v) is 8.66. The van der Waals surface area contributed by atoms with Gasteiger partial charge >= 0.3 is 0 Å². The zero-order chi connectivity index (χ0) is 34.9. The lowest BCUT2D eigenvalue weighted by Crippen LogP contribution is -2.00. The summed E-state index contributed by atoms with van der Waals surface area (Å²) in [6.45, 7) is 4.37. The summed E-state index contributed by atoms with van der Waals surface area (Å²) in [5.41, 5.74) is 16.7. The van der Waals surface area contributed by atoms with Crippen molar-refractivity contribution in [1.29, 1.82) is 0 Å². The van der Waals surface area contributed by atoms with E-state index in [-0.39, 0.29) is 0 Å². The van der Waals surface area contributed by atoms with Crippen molar-refractivity contribution >= 4 is 77.5 Å². The molecule has 250 valence electrons. The molecule has 0 saturated heterocycles. The van der Waals surface area contributed by atoms with Crippen LogP contribution in [0.15, 0.2) is 152 Å². The Kier molecular flexibility index (Phi) is 5.52. The summed E-state index contributed by atoms with van der Waals surface area (Å²) in [7, 11) is 0. The Morgan fingerprint density at radius 2 is 0.849 bits per heavy atom. The van der Waals surface area contributed by atoms with Crippen LogP contribution < -0.4 is 0 Å². The Bertz CT molecular complexity index is 3490. The summed E-state index contributed by atoms with van der Waals surface area (Å²) in [4.78, 5) is 10.4. The Labute approximate surface area is 302 Å². The third kappa shape index (κ3) is 3.77. The quantitative estimate of drug-likeness (QED) is 0.186. The van der Waals surface area contributed by atoms with E-state index < -0.39 is 0 Å². The van der Waals surface area contributed by atoms with E-state index in [1.165, 1.54) is 21.9 Å². The molecule has 0 aliphatic rings. The monoisotopic (exact) mass is 681 g/mol. The summed E-state index contributed by atoms with van der Waals surface area (Å²) in [5, 5.41) is 2.42. The second-order valence-electron chi connectivity index (χ2n) is 14.1. The average molecular weight is 682 g/mol. The van der Waals surface area contributed by atoms with E-state index in [4.69, 9.17) is 9.97 Å². The van der Waals surface area contributed by atoms with Gasteiger partial charge < -0.3 is 4.57 Å². The zero-order valence-corrected chi connectivity index (χ0v) is 29.1. The summed E-state index contributed by atoms with van der Waals surface area (Å²) < 4.78 is 11.6. The van der Waals surface area contributed by atoms with Crippen LogP contribution in [0.2, 0.25) is 0 Å². The molecule has 0 unspecified atom stereocenters. The van der Waals surface area contributed by atoms with Crippen molar-refractivity contribution in [3.05, 3.63) is 163 Å². The molecule has 0 atom stereocenters. The molecule has 12 rings (SSSR count). The number of hydrogen-bond acceptors (Lipinski definition) is 2. The number of aromatic nitrogens is 7. The van der Waals surface area contributed by atoms with Crippen LogP contribution >= 0.6 is 0 Å². The van der Waals surface area contributed by atoms with Crippen molar-refractivity contribution in [3.8, 4) is 17.1 Å². The number of fused-ring (bicyclic) bond motifs is 13. The third-order valence-corrected chi connectivity index (χ3v) is 11.2. The van der Waals surface area contributed by atoms with Gasteiger partial charge in [0.2, 0.25) is 11.6 Å². The minimum absolute atomic E-state index is 0.900. The Morgan fingerprint density at radius 3 is 1.57 bits per heavy atom. The lowest BCUT2D eigenvalue weighted by molar-refractivity contribution is 1.09. The Hall–Kier alpha value is -7.12.